The molecule has 0 unspecified atom stereocenters. The molecule has 0 spiro atoms. The molecule has 1 amide bonds. The highest BCUT2D eigenvalue weighted by Crippen LogP contribution is 2.12. The average molecular weight is 258 g/mol. The molecule has 19 heavy (non-hydrogen) atoms. The number of anilines is 1. The molecule has 2 heterocycles. The van der Waals surface area contributed by atoms with Gasteiger partial charge in [0.05, 0.1) is 17.6 Å². The van der Waals surface area contributed by atoms with Crippen molar-refractivity contribution in [2.24, 2.45) is 0 Å². The number of nitrogens with one attached hydrogen (secondary N) is 1. The topological polar surface area (TPSA) is 59.8 Å². The van der Waals surface area contributed by atoms with E-state index in [0.29, 0.717) is 12.1 Å². The molecular formula is C14H18N4O. The molecule has 5 nitrogen and oxygen atoms in total. The zero-order valence-electron chi connectivity index (χ0n) is 11.5. The van der Waals surface area contributed by atoms with E-state index in [1.165, 1.54) is 0 Å². The van der Waals surface area contributed by atoms with Crippen LogP contribution < -0.4 is 5.32 Å². The predicted octanol–water partition coefficient (Wildman–Crippen LogP) is 2.62. The van der Waals surface area contributed by atoms with Gasteiger partial charge in [-0.25, -0.2) is 9.67 Å². The summed E-state index contributed by atoms with van der Waals surface area (Å²) in [6.45, 7) is 5.91. The lowest BCUT2D eigenvalue weighted by Gasteiger charge is -2.06. The molecule has 2 aromatic rings. The Hall–Kier alpha value is -2.17. The first-order chi connectivity index (χ1) is 9.10. The third-order valence-corrected chi connectivity index (χ3v) is 2.74. The molecule has 1 N–H and O–H groups in total. The summed E-state index contributed by atoms with van der Waals surface area (Å²) >= 11 is 0. The molecule has 0 bridgehead atoms. The lowest BCUT2D eigenvalue weighted by molar-refractivity contribution is -0.116. The number of nitrogens with zero attached hydrogens (tertiary/aromatic N) is 3. The summed E-state index contributed by atoms with van der Waals surface area (Å²) in [5.74, 6) is 0.766. The highest BCUT2D eigenvalue weighted by atomic mass is 16.1. The standard InChI is InChI=1S/C14H18N4O/c1-4-5-14(19)16-12-6-7-13(15-9-12)18-11(3)8-10(2)17-18/h6-9H,4-5H2,1-3H3,(H,16,19). The molecule has 0 aliphatic rings. The Balaban J connectivity index is 2.14. The number of pyridine rings is 1. The van der Waals surface area contributed by atoms with E-state index in [2.05, 4.69) is 15.4 Å². The molecule has 5 heteroatoms. The van der Waals surface area contributed by atoms with E-state index in [1.54, 1.807) is 10.9 Å². The Labute approximate surface area is 112 Å². The minimum atomic E-state index is 0.0168. The van der Waals surface area contributed by atoms with Crippen LogP contribution in [-0.4, -0.2) is 20.7 Å². The summed E-state index contributed by atoms with van der Waals surface area (Å²) in [7, 11) is 0. The van der Waals surface area contributed by atoms with Gasteiger partial charge in [-0.2, -0.15) is 5.10 Å². The smallest absolute Gasteiger partial charge is 0.224 e. The van der Waals surface area contributed by atoms with E-state index in [0.717, 1.165) is 23.6 Å². The van der Waals surface area contributed by atoms with Crippen LogP contribution in [0.3, 0.4) is 0 Å². The van der Waals surface area contributed by atoms with Gasteiger partial charge in [-0.1, -0.05) is 6.92 Å². The first-order valence-electron chi connectivity index (χ1n) is 6.39. The molecule has 0 radical (unpaired) electrons. The maximum atomic E-state index is 11.5. The number of rotatable bonds is 4. The number of hydrogen-bond donors (Lipinski definition) is 1. The van der Waals surface area contributed by atoms with Crippen molar-refractivity contribution >= 4 is 11.6 Å². The molecule has 0 aliphatic heterocycles. The minimum Gasteiger partial charge on any atom is -0.325 e. The summed E-state index contributed by atoms with van der Waals surface area (Å²) in [6.07, 6.45) is 3.02. The number of aryl methyl sites for hydroxylation is 2. The highest BCUT2D eigenvalue weighted by molar-refractivity contribution is 5.90. The molecule has 100 valence electrons. The van der Waals surface area contributed by atoms with Crippen LogP contribution in [0.5, 0.6) is 0 Å². The van der Waals surface area contributed by atoms with Gasteiger partial charge in [0.1, 0.15) is 0 Å². The van der Waals surface area contributed by atoms with Crippen LogP contribution in [0, 0.1) is 13.8 Å². The van der Waals surface area contributed by atoms with Crippen LogP contribution in [0.25, 0.3) is 5.82 Å². The Morgan fingerprint density at radius 2 is 2.16 bits per heavy atom. The van der Waals surface area contributed by atoms with Crippen LogP contribution in [-0.2, 0) is 4.79 Å². The van der Waals surface area contributed by atoms with Gasteiger partial charge in [0.2, 0.25) is 5.91 Å². The van der Waals surface area contributed by atoms with Crippen LogP contribution >= 0.6 is 0 Å². The Kier molecular flexibility index (Phi) is 3.94. The second-order valence-electron chi connectivity index (χ2n) is 4.54. The Bertz CT molecular complexity index is 572. The zero-order chi connectivity index (χ0) is 13.8. The van der Waals surface area contributed by atoms with Crippen molar-refractivity contribution in [3.63, 3.8) is 0 Å². The summed E-state index contributed by atoms with van der Waals surface area (Å²) < 4.78 is 1.78. The quantitative estimate of drug-likeness (QED) is 0.917. The maximum absolute atomic E-state index is 11.5. The molecular weight excluding hydrogens is 240 g/mol. The SMILES string of the molecule is CCCC(=O)Nc1ccc(-n2nc(C)cc2C)nc1. The average Bonchev–Trinajstić information content (AvgIpc) is 2.70. The third-order valence-electron chi connectivity index (χ3n) is 2.74. The summed E-state index contributed by atoms with van der Waals surface area (Å²) in [5.41, 5.74) is 2.70. The molecule has 2 aromatic heterocycles. The molecule has 0 aromatic carbocycles. The summed E-state index contributed by atoms with van der Waals surface area (Å²) in [6, 6.07) is 5.69. The van der Waals surface area contributed by atoms with Gasteiger partial charge >= 0.3 is 0 Å². The first kappa shape index (κ1) is 13.3. The van der Waals surface area contributed by atoms with E-state index >= 15 is 0 Å². The summed E-state index contributed by atoms with van der Waals surface area (Å²) in [5, 5.41) is 7.18. The number of hydrogen-bond acceptors (Lipinski definition) is 3. The molecule has 0 saturated carbocycles. The normalized spacial score (nSPS) is 10.5. The fourth-order valence-electron chi connectivity index (χ4n) is 1.90. The largest absolute Gasteiger partial charge is 0.325 e. The zero-order valence-corrected chi connectivity index (χ0v) is 11.5. The number of aromatic nitrogens is 3. The van der Waals surface area contributed by atoms with Crippen LogP contribution in [0.1, 0.15) is 31.2 Å². The Morgan fingerprint density at radius 1 is 1.37 bits per heavy atom. The van der Waals surface area contributed by atoms with E-state index in [4.69, 9.17) is 0 Å². The van der Waals surface area contributed by atoms with Crippen molar-refractivity contribution in [3.05, 3.63) is 35.8 Å². The van der Waals surface area contributed by atoms with Crippen molar-refractivity contribution in [1.82, 2.24) is 14.8 Å². The third kappa shape index (κ3) is 3.19. The van der Waals surface area contributed by atoms with Crippen molar-refractivity contribution in [2.75, 3.05) is 5.32 Å². The van der Waals surface area contributed by atoms with E-state index in [-0.39, 0.29) is 5.91 Å². The van der Waals surface area contributed by atoms with Crippen molar-refractivity contribution in [1.29, 1.82) is 0 Å². The fraction of sp³-hybridized carbons (Fsp3) is 0.357. The first-order valence-corrected chi connectivity index (χ1v) is 6.39. The van der Waals surface area contributed by atoms with Crippen molar-refractivity contribution in [3.8, 4) is 5.82 Å². The molecule has 0 fully saturated rings. The van der Waals surface area contributed by atoms with Gasteiger partial charge in [0.25, 0.3) is 0 Å². The maximum Gasteiger partial charge on any atom is 0.224 e. The van der Waals surface area contributed by atoms with Gasteiger partial charge in [-0.3, -0.25) is 4.79 Å². The van der Waals surface area contributed by atoms with Crippen molar-refractivity contribution < 1.29 is 4.79 Å². The lowest BCUT2D eigenvalue weighted by atomic mass is 10.3. The van der Waals surface area contributed by atoms with E-state index < -0.39 is 0 Å². The minimum absolute atomic E-state index is 0.0168. The van der Waals surface area contributed by atoms with E-state index in [9.17, 15) is 4.79 Å². The number of carbonyl (C=O) groups is 1. The van der Waals surface area contributed by atoms with E-state index in [1.807, 2.05) is 39.0 Å². The fourth-order valence-corrected chi connectivity index (χ4v) is 1.90. The van der Waals surface area contributed by atoms with Gasteiger partial charge in [0, 0.05) is 12.1 Å². The molecule has 2 rings (SSSR count). The molecule has 0 aliphatic carbocycles. The van der Waals surface area contributed by atoms with Gasteiger partial charge in [0.15, 0.2) is 5.82 Å². The van der Waals surface area contributed by atoms with Crippen LogP contribution in [0.2, 0.25) is 0 Å². The second kappa shape index (κ2) is 5.65. The Morgan fingerprint density at radius 3 is 2.68 bits per heavy atom. The number of carbonyl (C=O) groups excluding carboxylic acids is 1. The van der Waals surface area contributed by atoms with Gasteiger partial charge < -0.3 is 5.32 Å². The van der Waals surface area contributed by atoms with Crippen LogP contribution in [0.4, 0.5) is 5.69 Å². The van der Waals surface area contributed by atoms with Gasteiger partial charge in [-0.05, 0) is 38.5 Å². The molecule has 0 saturated heterocycles. The predicted molar refractivity (Wildman–Crippen MR) is 74.4 cm³/mol. The second-order valence-corrected chi connectivity index (χ2v) is 4.54. The van der Waals surface area contributed by atoms with Crippen molar-refractivity contribution in [2.45, 2.75) is 33.6 Å². The monoisotopic (exact) mass is 258 g/mol. The highest BCUT2D eigenvalue weighted by Gasteiger charge is 2.06. The van der Waals surface area contributed by atoms with Gasteiger partial charge in [-0.15, -0.1) is 0 Å². The van der Waals surface area contributed by atoms with Crippen LogP contribution in [0.15, 0.2) is 24.4 Å². The number of amides is 1. The lowest BCUT2D eigenvalue weighted by Crippen LogP contribution is -2.11. The molecule has 0 atom stereocenters. The summed E-state index contributed by atoms with van der Waals surface area (Å²) in [4.78, 5) is 15.8.